The normalized spacial score (nSPS) is 30.6. The molecule has 2 saturated heterocycles. The first kappa shape index (κ1) is 20.6. The maximum absolute atomic E-state index is 12.9. The zero-order valence-electron chi connectivity index (χ0n) is 17.1. The molecular weight excluding hydrogens is 424 g/mol. The molecule has 0 aromatic carbocycles. The molecule has 32 heavy (non-hydrogen) atoms. The summed E-state index contributed by atoms with van der Waals surface area (Å²) in [7, 11) is 0. The molecule has 0 amide bonds. The van der Waals surface area contributed by atoms with E-state index in [-0.39, 0.29) is 17.3 Å². The maximum atomic E-state index is 12.9. The van der Waals surface area contributed by atoms with Gasteiger partial charge in [-0.25, -0.2) is 14.6 Å². The minimum atomic E-state index is -2.49. The van der Waals surface area contributed by atoms with E-state index < -0.39 is 48.7 Å². The fraction of sp³-hybridized carbons (Fsp3) is 0.550. The van der Waals surface area contributed by atoms with Gasteiger partial charge in [-0.05, 0) is 38.1 Å². The predicted molar refractivity (Wildman–Crippen MR) is 104 cm³/mol. The number of esters is 2. The lowest BCUT2D eigenvalue weighted by Crippen LogP contribution is -2.58. The molecule has 5 heterocycles. The zero-order chi connectivity index (χ0) is 22.3. The number of ether oxygens (including phenoxy) is 2. The van der Waals surface area contributed by atoms with Crippen molar-refractivity contribution in [3.05, 3.63) is 23.9 Å². The van der Waals surface area contributed by atoms with Gasteiger partial charge in [0.15, 0.2) is 11.6 Å². The number of likely N-dealkylation sites (tertiary alicyclic amines) is 1. The Morgan fingerprint density at radius 2 is 1.91 bits per heavy atom. The van der Waals surface area contributed by atoms with Gasteiger partial charge in [0.25, 0.3) is 6.29 Å². The number of rotatable bonds is 2. The quantitative estimate of drug-likeness (QED) is 0.599. The Bertz CT molecular complexity index is 978. The van der Waals surface area contributed by atoms with Crippen molar-refractivity contribution in [3.63, 3.8) is 0 Å². The van der Waals surface area contributed by atoms with Crippen LogP contribution in [0.25, 0.3) is 0 Å². The lowest BCUT2D eigenvalue weighted by atomic mass is 9.95. The molecule has 0 aliphatic carbocycles. The van der Waals surface area contributed by atoms with Crippen molar-refractivity contribution in [2.45, 2.75) is 50.0 Å². The molecule has 3 bridgehead atoms. The Labute approximate surface area is 182 Å². The van der Waals surface area contributed by atoms with Gasteiger partial charge in [-0.15, -0.1) is 0 Å². The van der Waals surface area contributed by atoms with Crippen molar-refractivity contribution < 1.29 is 38.6 Å². The van der Waals surface area contributed by atoms with Crippen LogP contribution in [0.3, 0.4) is 0 Å². The molecule has 0 saturated carbocycles. The van der Waals surface area contributed by atoms with Crippen molar-refractivity contribution >= 4 is 23.7 Å². The summed E-state index contributed by atoms with van der Waals surface area (Å²) in [5.74, 6) is -3.16. The fourth-order valence-electron chi connectivity index (χ4n) is 4.25. The minimum absolute atomic E-state index is 0.0379. The fourth-order valence-corrected chi connectivity index (χ4v) is 4.25. The van der Waals surface area contributed by atoms with Gasteiger partial charge < -0.3 is 29.2 Å². The van der Waals surface area contributed by atoms with E-state index in [2.05, 4.69) is 15.0 Å². The monoisotopic (exact) mass is 446 g/mol. The third-order valence-electron chi connectivity index (χ3n) is 5.86. The Morgan fingerprint density at radius 3 is 2.72 bits per heavy atom. The number of pyridine rings is 1. The van der Waals surface area contributed by atoms with Crippen LogP contribution in [0.2, 0.25) is 0 Å². The molecule has 170 valence electrons. The van der Waals surface area contributed by atoms with Gasteiger partial charge in [0.2, 0.25) is 11.7 Å². The molecular formula is C20H22N4O8. The van der Waals surface area contributed by atoms with Gasteiger partial charge in [-0.1, -0.05) is 11.6 Å². The summed E-state index contributed by atoms with van der Waals surface area (Å²) in [4.78, 5) is 55.4. The predicted octanol–water partition coefficient (Wildman–Crippen LogP) is -0.299. The molecule has 1 aromatic rings. The number of amidine groups is 1. The van der Waals surface area contributed by atoms with Crippen LogP contribution >= 0.6 is 0 Å². The van der Waals surface area contributed by atoms with E-state index in [0.717, 1.165) is 32.4 Å². The first-order valence-electron chi connectivity index (χ1n) is 10.5. The number of fused-ring (bicyclic) bond motifs is 6. The van der Waals surface area contributed by atoms with Crippen molar-refractivity contribution in [1.29, 1.82) is 0 Å². The zero-order valence-corrected chi connectivity index (χ0v) is 17.1. The van der Waals surface area contributed by atoms with Crippen LogP contribution in [-0.4, -0.2) is 81.4 Å². The van der Waals surface area contributed by atoms with Gasteiger partial charge in [0.05, 0.1) is 18.4 Å². The molecule has 4 aliphatic heterocycles. The van der Waals surface area contributed by atoms with E-state index in [1.54, 1.807) is 12.1 Å². The van der Waals surface area contributed by atoms with Crippen LogP contribution in [-0.2, 0) is 28.8 Å². The van der Waals surface area contributed by atoms with Gasteiger partial charge in [0, 0.05) is 12.7 Å². The maximum Gasteiger partial charge on any atom is 0.342 e. The van der Waals surface area contributed by atoms with Crippen LogP contribution in [0.5, 0.6) is 5.88 Å². The molecule has 12 heteroatoms. The number of hydrogen-bond acceptors (Lipinski definition) is 12. The molecule has 1 aromatic heterocycles. The Kier molecular flexibility index (Phi) is 5.18. The number of aliphatic hydroxyl groups is 1. The summed E-state index contributed by atoms with van der Waals surface area (Å²) >= 11 is 0. The van der Waals surface area contributed by atoms with Crippen LogP contribution in [0.15, 0.2) is 23.5 Å². The number of nitrogens with zero attached hydrogens (tertiary/aromatic N) is 4. The minimum Gasteiger partial charge on any atom is -0.418 e. The van der Waals surface area contributed by atoms with Gasteiger partial charge in [-0.2, -0.15) is 5.06 Å². The third-order valence-corrected chi connectivity index (χ3v) is 5.86. The van der Waals surface area contributed by atoms with Crippen LogP contribution in [0.4, 0.5) is 0 Å². The number of hydrogen-bond donors (Lipinski definition) is 1. The highest BCUT2D eigenvalue weighted by atomic mass is 16.8. The summed E-state index contributed by atoms with van der Waals surface area (Å²) in [5.41, 5.74) is -2.25. The summed E-state index contributed by atoms with van der Waals surface area (Å²) in [6.07, 6.45) is 1.65. The second-order valence-electron chi connectivity index (χ2n) is 8.23. The molecule has 0 radical (unpaired) electrons. The Hall–Kier alpha value is -3.25. The first-order valence-corrected chi connectivity index (χ1v) is 10.5. The summed E-state index contributed by atoms with van der Waals surface area (Å²) < 4.78 is 10.7. The Morgan fingerprint density at radius 1 is 1.12 bits per heavy atom. The largest absolute Gasteiger partial charge is 0.418 e. The highest BCUT2D eigenvalue weighted by Crippen LogP contribution is 2.32. The van der Waals surface area contributed by atoms with E-state index in [4.69, 9.17) is 19.1 Å². The van der Waals surface area contributed by atoms with Crippen molar-refractivity contribution in [2.75, 3.05) is 19.6 Å². The molecule has 5 rings (SSSR count). The Balaban J connectivity index is 1.63. The standard InChI is InChI=1S/C20H22N4O8/c25-14-9-20(28)10-15(26)32-24-13(11-23-7-2-1-3-8-23)18(30-19(20)27)31-22-16(24)12-5-4-6-21-17(12)29-14/h4-6,13,18,28H,1-3,7-11H2. The average Bonchev–Trinajstić information content (AvgIpc) is 2.77. The highest BCUT2D eigenvalue weighted by molar-refractivity contribution is 6.02. The van der Waals surface area contributed by atoms with Gasteiger partial charge in [-0.3, -0.25) is 4.79 Å². The van der Waals surface area contributed by atoms with Crippen LogP contribution < -0.4 is 4.74 Å². The SMILES string of the molecule is O=C1CC2(O)CC(=O)ON3C(=NOC(OC2=O)C3CN2CCCCC2)c2cccnc2O1. The molecule has 3 atom stereocenters. The summed E-state index contributed by atoms with van der Waals surface area (Å²) in [5, 5.41) is 16.1. The first-order chi connectivity index (χ1) is 15.4. The third kappa shape index (κ3) is 3.75. The van der Waals surface area contributed by atoms with Crippen molar-refractivity contribution in [1.82, 2.24) is 14.9 Å². The average molecular weight is 446 g/mol. The number of piperidine rings is 1. The second kappa shape index (κ2) is 8.02. The molecule has 2 fully saturated rings. The summed E-state index contributed by atoms with van der Waals surface area (Å²) in [6, 6.07) is 2.40. The molecule has 12 nitrogen and oxygen atoms in total. The van der Waals surface area contributed by atoms with Gasteiger partial charge in [0.1, 0.15) is 0 Å². The number of carbonyl (C=O) groups is 3. The lowest BCUT2D eigenvalue weighted by Gasteiger charge is -2.40. The number of oxime groups is 1. The number of hydroxylamine groups is 2. The van der Waals surface area contributed by atoms with E-state index >= 15 is 0 Å². The van der Waals surface area contributed by atoms with E-state index in [1.165, 1.54) is 11.3 Å². The molecule has 1 N–H and O–H groups in total. The molecule has 4 aliphatic rings. The highest BCUT2D eigenvalue weighted by Gasteiger charge is 2.52. The van der Waals surface area contributed by atoms with Crippen molar-refractivity contribution in [3.8, 4) is 5.88 Å². The topological polar surface area (TPSA) is 140 Å². The van der Waals surface area contributed by atoms with E-state index in [0.29, 0.717) is 6.54 Å². The summed E-state index contributed by atoms with van der Waals surface area (Å²) in [6.45, 7) is 1.99. The van der Waals surface area contributed by atoms with E-state index in [9.17, 15) is 19.5 Å². The lowest BCUT2D eigenvalue weighted by molar-refractivity contribution is -0.239. The number of aromatic nitrogens is 1. The van der Waals surface area contributed by atoms with Crippen LogP contribution in [0, 0.1) is 0 Å². The van der Waals surface area contributed by atoms with Crippen molar-refractivity contribution in [2.24, 2.45) is 5.16 Å². The smallest absolute Gasteiger partial charge is 0.342 e. The molecule has 0 spiro atoms. The van der Waals surface area contributed by atoms with Crippen LogP contribution in [0.1, 0.15) is 37.7 Å². The van der Waals surface area contributed by atoms with E-state index in [1.807, 2.05) is 0 Å². The molecule has 3 unspecified atom stereocenters. The van der Waals surface area contributed by atoms with Gasteiger partial charge >= 0.3 is 17.9 Å². The second-order valence-corrected chi connectivity index (χ2v) is 8.23. The number of carbonyl (C=O) groups excluding carboxylic acids is 3.